The van der Waals surface area contributed by atoms with Gasteiger partial charge >= 0.3 is 0 Å². The van der Waals surface area contributed by atoms with Crippen LogP contribution in [0.4, 0.5) is 18.9 Å². The molecule has 0 bridgehead atoms. The number of carbonyl (C=O) groups is 2. The van der Waals surface area contributed by atoms with E-state index in [9.17, 15) is 27.6 Å². The molecule has 2 saturated heterocycles. The summed E-state index contributed by atoms with van der Waals surface area (Å²) in [4.78, 5) is 43.4. The number of rotatable bonds is 8. The molecular weight excluding hydrogens is 523 g/mol. The van der Waals surface area contributed by atoms with E-state index in [1.54, 1.807) is 4.90 Å². The van der Waals surface area contributed by atoms with Gasteiger partial charge in [-0.1, -0.05) is 18.2 Å². The van der Waals surface area contributed by atoms with Crippen LogP contribution in [0.5, 0.6) is 0 Å². The average molecular weight is 560 g/mol. The number of carbonyl (C=O) groups excluding carboxylic acids is 2. The lowest BCUT2D eigenvalue weighted by molar-refractivity contribution is -0.142. The number of anilines is 1. The highest BCUT2D eigenvalue weighted by atomic mass is 19.3. The van der Waals surface area contributed by atoms with E-state index in [0.29, 0.717) is 18.8 Å². The number of hydrogen-bond donors (Lipinski definition) is 2. The molecular formula is C29H36F3N5O3. The Hall–Kier alpha value is -3.34. The Labute approximate surface area is 231 Å². The van der Waals surface area contributed by atoms with Crippen molar-refractivity contribution >= 4 is 17.5 Å². The summed E-state index contributed by atoms with van der Waals surface area (Å²) < 4.78 is 42.8. The summed E-state index contributed by atoms with van der Waals surface area (Å²) in [7, 11) is 2.04. The predicted octanol–water partition coefficient (Wildman–Crippen LogP) is 3.89. The minimum Gasteiger partial charge on any atom is -0.381 e. The Morgan fingerprint density at radius 1 is 1.07 bits per heavy atom. The predicted molar refractivity (Wildman–Crippen MR) is 145 cm³/mol. The van der Waals surface area contributed by atoms with Crippen LogP contribution in [0.25, 0.3) is 0 Å². The van der Waals surface area contributed by atoms with Crippen molar-refractivity contribution in [2.75, 3.05) is 38.5 Å². The van der Waals surface area contributed by atoms with Crippen molar-refractivity contribution in [2.24, 2.45) is 5.92 Å². The maximum absolute atomic E-state index is 14.8. The van der Waals surface area contributed by atoms with Gasteiger partial charge in [0.15, 0.2) is 0 Å². The zero-order valence-electron chi connectivity index (χ0n) is 23.1. The van der Waals surface area contributed by atoms with Crippen molar-refractivity contribution in [1.29, 1.82) is 0 Å². The minimum absolute atomic E-state index is 0.0514. The van der Waals surface area contributed by atoms with Crippen LogP contribution < -0.4 is 16.2 Å². The van der Waals surface area contributed by atoms with Crippen molar-refractivity contribution in [3.05, 3.63) is 63.3 Å². The summed E-state index contributed by atoms with van der Waals surface area (Å²) in [6.45, 7) is 5.89. The third-order valence-electron chi connectivity index (χ3n) is 8.37. The molecule has 5 rings (SSSR count). The molecule has 0 radical (unpaired) electrons. The normalized spacial score (nSPS) is 20.2. The van der Waals surface area contributed by atoms with Gasteiger partial charge in [-0.05, 0) is 59.7 Å². The van der Waals surface area contributed by atoms with Crippen LogP contribution in [0.1, 0.15) is 73.5 Å². The van der Waals surface area contributed by atoms with E-state index < -0.39 is 35.3 Å². The molecule has 1 atom stereocenters. The number of likely N-dealkylation sites (tertiary alicyclic amines) is 2. The summed E-state index contributed by atoms with van der Waals surface area (Å²) in [5.41, 5.74) is -1.17. The monoisotopic (exact) mass is 559 g/mol. The molecule has 2 aromatic rings. The van der Waals surface area contributed by atoms with Gasteiger partial charge in [0, 0.05) is 42.9 Å². The Balaban J connectivity index is 1.43. The SMILES string of the molecule is C[C@@H](NC(=O)c1cn(C2(C)CN(C(=O)C3CC3)C2)c(=O)cc1NC1CCN(C)CC1)c1cccc(C(F)F)c1F. The van der Waals surface area contributed by atoms with Crippen LogP contribution in [0, 0.1) is 11.7 Å². The molecule has 1 saturated carbocycles. The summed E-state index contributed by atoms with van der Waals surface area (Å²) in [6, 6.07) is 4.28. The van der Waals surface area contributed by atoms with Gasteiger partial charge in [0.25, 0.3) is 17.9 Å². The third kappa shape index (κ3) is 5.61. The molecule has 40 heavy (non-hydrogen) atoms. The Morgan fingerprint density at radius 3 is 2.35 bits per heavy atom. The standard InChI is InChI=1S/C29H36F3N5O3/c1-17(20-5-4-6-21(25(20)30)26(31)32)33-27(39)22-14-37(29(2)15-36(16-29)28(40)18-7-8-18)24(38)13-23(22)34-19-9-11-35(3)12-10-19/h4-6,13-14,17-19,26,34H,7-12,15-16H2,1-3H3,(H,33,39)/t17-/m1/s1. The van der Waals surface area contributed by atoms with Gasteiger partial charge in [0.1, 0.15) is 5.82 Å². The van der Waals surface area contributed by atoms with E-state index in [-0.39, 0.29) is 34.6 Å². The van der Waals surface area contributed by atoms with Gasteiger partial charge in [-0.3, -0.25) is 14.4 Å². The number of halogens is 3. The maximum Gasteiger partial charge on any atom is 0.266 e. The van der Waals surface area contributed by atoms with Crippen molar-refractivity contribution in [1.82, 2.24) is 19.7 Å². The molecule has 1 aromatic heterocycles. The zero-order chi connectivity index (χ0) is 28.8. The maximum atomic E-state index is 14.8. The molecule has 11 heteroatoms. The summed E-state index contributed by atoms with van der Waals surface area (Å²) >= 11 is 0. The summed E-state index contributed by atoms with van der Waals surface area (Å²) in [5, 5.41) is 6.10. The molecule has 3 fully saturated rings. The summed E-state index contributed by atoms with van der Waals surface area (Å²) in [6.07, 6.45) is 1.98. The second-order valence-electron chi connectivity index (χ2n) is 11.7. The molecule has 3 aliphatic rings. The number of amides is 2. The van der Waals surface area contributed by atoms with Gasteiger partial charge in [-0.2, -0.15) is 0 Å². The second-order valence-corrected chi connectivity index (χ2v) is 11.7. The molecule has 216 valence electrons. The highest BCUT2D eigenvalue weighted by molar-refractivity contribution is 5.99. The number of nitrogens with zero attached hydrogens (tertiary/aromatic N) is 3. The van der Waals surface area contributed by atoms with Crippen molar-refractivity contribution in [2.45, 2.75) is 63.6 Å². The Kier molecular flexibility index (Phi) is 7.69. The number of alkyl halides is 2. The van der Waals surface area contributed by atoms with E-state index >= 15 is 0 Å². The number of hydrogen-bond acceptors (Lipinski definition) is 5. The van der Waals surface area contributed by atoms with Crippen molar-refractivity contribution < 1.29 is 22.8 Å². The quantitative estimate of drug-likeness (QED) is 0.513. The number of piperidine rings is 1. The highest BCUT2D eigenvalue weighted by Gasteiger charge is 2.47. The third-order valence-corrected chi connectivity index (χ3v) is 8.37. The van der Waals surface area contributed by atoms with E-state index in [4.69, 9.17) is 0 Å². The fraction of sp³-hybridized carbons (Fsp3) is 0.552. The number of aromatic nitrogens is 1. The van der Waals surface area contributed by atoms with Crippen LogP contribution in [0.3, 0.4) is 0 Å². The second kappa shape index (κ2) is 10.9. The number of benzene rings is 1. The van der Waals surface area contributed by atoms with Gasteiger partial charge < -0.3 is 25.0 Å². The first-order chi connectivity index (χ1) is 19.0. The fourth-order valence-electron chi connectivity index (χ4n) is 5.72. The topological polar surface area (TPSA) is 86.7 Å². The van der Waals surface area contributed by atoms with Gasteiger partial charge in [0.2, 0.25) is 5.91 Å². The van der Waals surface area contributed by atoms with Crippen molar-refractivity contribution in [3.63, 3.8) is 0 Å². The average Bonchev–Trinajstić information content (AvgIpc) is 3.73. The molecule has 1 aromatic carbocycles. The molecule has 1 aliphatic carbocycles. The fourth-order valence-corrected chi connectivity index (χ4v) is 5.72. The van der Waals surface area contributed by atoms with E-state index in [2.05, 4.69) is 15.5 Å². The number of pyridine rings is 1. The first-order valence-electron chi connectivity index (χ1n) is 13.8. The summed E-state index contributed by atoms with van der Waals surface area (Å²) in [5.74, 6) is -1.44. The van der Waals surface area contributed by atoms with E-state index in [1.807, 2.05) is 14.0 Å². The van der Waals surface area contributed by atoms with Gasteiger partial charge in [-0.15, -0.1) is 0 Å². The molecule has 2 N–H and O–H groups in total. The van der Waals surface area contributed by atoms with Crippen LogP contribution in [-0.2, 0) is 10.3 Å². The molecule has 8 nitrogen and oxygen atoms in total. The highest BCUT2D eigenvalue weighted by Crippen LogP contribution is 2.37. The van der Waals surface area contributed by atoms with Crippen LogP contribution >= 0.6 is 0 Å². The molecule has 2 aliphatic heterocycles. The Bertz CT molecular complexity index is 1340. The first-order valence-corrected chi connectivity index (χ1v) is 13.8. The molecule has 2 amide bonds. The van der Waals surface area contributed by atoms with E-state index in [1.165, 1.54) is 35.9 Å². The molecule has 0 spiro atoms. The van der Waals surface area contributed by atoms with Crippen LogP contribution in [-0.4, -0.2) is 65.4 Å². The van der Waals surface area contributed by atoms with Gasteiger partial charge in [0.05, 0.1) is 28.4 Å². The van der Waals surface area contributed by atoms with Crippen LogP contribution in [0.2, 0.25) is 0 Å². The lowest BCUT2D eigenvalue weighted by atomic mass is 9.90. The molecule has 3 heterocycles. The van der Waals surface area contributed by atoms with Gasteiger partial charge in [-0.25, -0.2) is 13.2 Å². The first kappa shape index (κ1) is 28.2. The Morgan fingerprint density at radius 2 is 1.73 bits per heavy atom. The molecule has 0 unspecified atom stereocenters. The van der Waals surface area contributed by atoms with Crippen molar-refractivity contribution in [3.8, 4) is 0 Å². The lowest BCUT2D eigenvalue weighted by Gasteiger charge is -2.49. The smallest absolute Gasteiger partial charge is 0.266 e. The van der Waals surface area contributed by atoms with E-state index in [0.717, 1.165) is 44.8 Å². The zero-order valence-corrected chi connectivity index (χ0v) is 23.1. The lowest BCUT2D eigenvalue weighted by Crippen LogP contribution is -2.65. The largest absolute Gasteiger partial charge is 0.381 e. The minimum atomic E-state index is -2.98. The van der Waals surface area contributed by atoms with Crippen LogP contribution in [0.15, 0.2) is 35.3 Å². The number of nitrogens with one attached hydrogen (secondary N) is 2.